The summed E-state index contributed by atoms with van der Waals surface area (Å²) < 4.78 is 0. The van der Waals surface area contributed by atoms with Crippen molar-refractivity contribution in [3.63, 3.8) is 0 Å². The van der Waals surface area contributed by atoms with Gasteiger partial charge in [0.15, 0.2) is 5.78 Å². The van der Waals surface area contributed by atoms with Gasteiger partial charge < -0.3 is 10.8 Å². The molecule has 0 aromatic carbocycles. The van der Waals surface area contributed by atoms with Gasteiger partial charge in [0.05, 0.1) is 0 Å². The fourth-order valence-electron chi connectivity index (χ4n) is 1.14. The smallest absolute Gasteiger partial charge is 0.320 e. The highest BCUT2D eigenvalue weighted by molar-refractivity contribution is 5.94. The summed E-state index contributed by atoms with van der Waals surface area (Å²) in [6.07, 6.45) is 6.62. The molecule has 0 fully saturated rings. The Morgan fingerprint density at radius 1 is 1.62 bits per heavy atom. The predicted octanol–water partition coefficient (Wildman–Crippen LogP) is 0.0997. The van der Waals surface area contributed by atoms with E-state index in [4.69, 9.17) is 10.8 Å². The van der Waals surface area contributed by atoms with Crippen molar-refractivity contribution in [1.82, 2.24) is 0 Å². The molecule has 0 aromatic heterocycles. The number of carbonyl (C=O) groups excluding carboxylic acids is 1. The van der Waals surface area contributed by atoms with Crippen LogP contribution >= 0.6 is 0 Å². The summed E-state index contributed by atoms with van der Waals surface area (Å²) in [7, 11) is 0. The van der Waals surface area contributed by atoms with Gasteiger partial charge >= 0.3 is 5.97 Å². The molecule has 0 spiro atoms. The Hall–Kier alpha value is -1.42. The van der Waals surface area contributed by atoms with Crippen molar-refractivity contribution in [2.24, 2.45) is 11.7 Å². The Morgan fingerprint density at radius 2 is 2.31 bits per heavy atom. The van der Waals surface area contributed by atoms with E-state index in [1.54, 1.807) is 18.2 Å². The first-order chi connectivity index (χ1) is 6.11. The number of aliphatic carboxylic acids is 1. The Kier molecular flexibility index (Phi) is 2.97. The van der Waals surface area contributed by atoms with Crippen LogP contribution in [0.2, 0.25) is 0 Å². The molecule has 13 heavy (non-hydrogen) atoms. The minimum Gasteiger partial charge on any atom is -0.480 e. The van der Waals surface area contributed by atoms with Crippen LogP contribution in [0.1, 0.15) is 6.42 Å². The maximum absolute atomic E-state index is 11.2. The van der Waals surface area contributed by atoms with Gasteiger partial charge in [-0.3, -0.25) is 9.59 Å². The highest BCUT2D eigenvalue weighted by atomic mass is 16.4. The molecular weight excluding hydrogens is 170 g/mol. The molecule has 1 aliphatic carbocycles. The average molecular weight is 181 g/mol. The van der Waals surface area contributed by atoms with E-state index in [9.17, 15) is 9.59 Å². The molecule has 0 saturated heterocycles. The zero-order chi connectivity index (χ0) is 9.84. The SMILES string of the molecule is NC(CC1C=CC=CC1=O)C(=O)O. The zero-order valence-corrected chi connectivity index (χ0v) is 7.01. The Labute approximate surface area is 75.7 Å². The Morgan fingerprint density at radius 3 is 2.85 bits per heavy atom. The third-order valence-corrected chi connectivity index (χ3v) is 1.91. The van der Waals surface area contributed by atoms with Gasteiger partial charge in [-0.05, 0) is 12.5 Å². The fourth-order valence-corrected chi connectivity index (χ4v) is 1.14. The first-order valence-electron chi connectivity index (χ1n) is 3.98. The summed E-state index contributed by atoms with van der Waals surface area (Å²) in [5.41, 5.74) is 5.30. The van der Waals surface area contributed by atoms with E-state index in [0.717, 1.165) is 0 Å². The number of allylic oxidation sites excluding steroid dienone is 4. The minimum atomic E-state index is -1.07. The van der Waals surface area contributed by atoms with Crippen molar-refractivity contribution < 1.29 is 14.7 Å². The molecule has 1 rings (SSSR count). The second-order valence-corrected chi connectivity index (χ2v) is 2.93. The summed E-state index contributed by atoms with van der Waals surface area (Å²) in [4.78, 5) is 21.6. The topological polar surface area (TPSA) is 80.4 Å². The number of nitrogens with two attached hydrogens (primary N) is 1. The molecule has 0 saturated carbocycles. The second kappa shape index (κ2) is 4.00. The Balaban J connectivity index is 2.54. The molecule has 1 aliphatic rings. The van der Waals surface area contributed by atoms with Crippen LogP contribution in [0.25, 0.3) is 0 Å². The molecule has 0 radical (unpaired) electrons. The van der Waals surface area contributed by atoms with E-state index >= 15 is 0 Å². The van der Waals surface area contributed by atoms with Gasteiger partial charge in [0.25, 0.3) is 0 Å². The number of ketones is 1. The molecule has 0 aliphatic heterocycles. The van der Waals surface area contributed by atoms with Crippen LogP contribution in [-0.4, -0.2) is 22.9 Å². The summed E-state index contributed by atoms with van der Waals surface area (Å²) in [5, 5.41) is 8.52. The van der Waals surface area contributed by atoms with Crippen molar-refractivity contribution in [2.45, 2.75) is 12.5 Å². The van der Waals surface area contributed by atoms with Crippen molar-refractivity contribution >= 4 is 11.8 Å². The lowest BCUT2D eigenvalue weighted by Gasteiger charge is -2.13. The molecule has 3 N–H and O–H groups in total. The van der Waals surface area contributed by atoms with Gasteiger partial charge in [0.2, 0.25) is 0 Å². The quantitative estimate of drug-likeness (QED) is 0.647. The van der Waals surface area contributed by atoms with Gasteiger partial charge in [-0.1, -0.05) is 18.2 Å². The molecule has 2 unspecified atom stereocenters. The lowest BCUT2D eigenvalue weighted by molar-refractivity contribution is -0.138. The molecule has 2 atom stereocenters. The predicted molar refractivity (Wildman–Crippen MR) is 47.0 cm³/mol. The van der Waals surface area contributed by atoms with E-state index in [0.29, 0.717) is 0 Å². The summed E-state index contributed by atoms with van der Waals surface area (Å²) in [6, 6.07) is -0.968. The zero-order valence-electron chi connectivity index (χ0n) is 7.01. The van der Waals surface area contributed by atoms with Crippen molar-refractivity contribution in [2.75, 3.05) is 0 Å². The maximum atomic E-state index is 11.2. The third kappa shape index (κ3) is 2.52. The number of hydrogen-bond donors (Lipinski definition) is 2. The van der Waals surface area contributed by atoms with Crippen LogP contribution in [0, 0.1) is 5.92 Å². The summed E-state index contributed by atoms with van der Waals surface area (Å²) >= 11 is 0. The van der Waals surface area contributed by atoms with E-state index in [-0.39, 0.29) is 18.1 Å². The van der Waals surface area contributed by atoms with E-state index < -0.39 is 12.0 Å². The van der Waals surface area contributed by atoms with Crippen LogP contribution < -0.4 is 5.73 Å². The lowest BCUT2D eigenvalue weighted by Crippen LogP contribution is -2.33. The molecule has 70 valence electrons. The second-order valence-electron chi connectivity index (χ2n) is 2.93. The molecular formula is C9H11NO3. The molecule has 0 heterocycles. The fraction of sp³-hybridized carbons (Fsp3) is 0.333. The molecule has 0 aromatic rings. The number of carbonyl (C=O) groups is 2. The van der Waals surface area contributed by atoms with Crippen molar-refractivity contribution in [3.8, 4) is 0 Å². The highest BCUT2D eigenvalue weighted by Gasteiger charge is 2.21. The van der Waals surface area contributed by atoms with Crippen LogP contribution in [0.3, 0.4) is 0 Å². The lowest BCUT2D eigenvalue weighted by atomic mass is 9.92. The van der Waals surface area contributed by atoms with Crippen LogP contribution in [-0.2, 0) is 9.59 Å². The van der Waals surface area contributed by atoms with Crippen molar-refractivity contribution in [1.29, 1.82) is 0 Å². The standard InChI is InChI=1S/C9H11NO3/c10-7(9(12)13)5-6-3-1-2-4-8(6)11/h1-4,6-7H,5,10H2,(H,12,13). The largest absolute Gasteiger partial charge is 0.480 e. The van der Waals surface area contributed by atoms with Crippen LogP contribution in [0.4, 0.5) is 0 Å². The number of hydrogen-bond acceptors (Lipinski definition) is 3. The average Bonchev–Trinajstić information content (AvgIpc) is 2.08. The maximum Gasteiger partial charge on any atom is 0.320 e. The molecule has 4 heteroatoms. The van der Waals surface area contributed by atoms with Gasteiger partial charge in [0.1, 0.15) is 6.04 Å². The summed E-state index contributed by atoms with van der Waals surface area (Å²) in [5.74, 6) is -1.54. The van der Waals surface area contributed by atoms with E-state index in [1.807, 2.05) is 0 Å². The van der Waals surface area contributed by atoms with Crippen LogP contribution in [0.5, 0.6) is 0 Å². The molecule has 4 nitrogen and oxygen atoms in total. The first kappa shape index (κ1) is 9.67. The van der Waals surface area contributed by atoms with Gasteiger partial charge in [0, 0.05) is 5.92 Å². The Bertz CT molecular complexity index is 281. The normalized spacial score (nSPS) is 23.2. The number of rotatable bonds is 3. The van der Waals surface area contributed by atoms with Gasteiger partial charge in [-0.15, -0.1) is 0 Å². The minimum absolute atomic E-state index is 0.0841. The van der Waals surface area contributed by atoms with Crippen molar-refractivity contribution in [3.05, 3.63) is 24.3 Å². The van der Waals surface area contributed by atoms with Gasteiger partial charge in [-0.25, -0.2) is 0 Å². The monoisotopic (exact) mass is 181 g/mol. The summed E-state index contributed by atoms with van der Waals surface area (Å²) in [6.45, 7) is 0. The molecule has 0 bridgehead atoms. The first-order valence-corrected chi connectivity index (χ1v) is 3.98. The van der Waals surface area contributed by atoms with E-state index in [2.05, 4.69) is 0 Å². The van der Waals surface area contributed by atoms with E-state index in [1.165, 1.54) is 6.08 Å². The van der Waals surface area contributed by atoms with Crippen LogP contribution in [0.15, 0.2) is 24.3 Å². The van der Waals surface area contributed by atoms with Gasteiger partial charge in [-0.2, -0.15) is 0 Å². The highest BCUT2D eigenvalue weighted by Crippen LogP contribution is 2.13. The number of carboxylic acids is 1. The molecule has 0 amide bonds. The third-order valence-electron chi connectivity index (χ3n) is 1.91. The number of carboxylic acid groups (broad SMARTS) is 1.